The van der Waals surface area contributed by atoms with Gasteiger partial charge in [0, 0.05) is 10.0 Å². The summed E-state index contributed by atoms with van der Waals surface area (Å²) in [5.41, 5.74) is 3.17. The van der Waals surface area contributed by atoms with Crippen LogP contribution in [-0.2, 0) is 0 Å². The summed E-state index contributed by atoms with van der Waals surface area (Å²) in [4.78, 5) is 12.3. The zero-order chi connectivity index (χ0) is 15.4. The predicted octanol–water partition coefficient (Wildman–Crippen LogP) is 4.12. The number of nitrogens with one attached hydrogen (secondary N) is 1. The molecule has 0 heterocycles. The Kier molecular flexibility index (Phi) is 4.77. The molecule has 3 nitrogen and oxygen atoms in total. The Labute approximate surface area is 132 Å². The van der Waals surface area contributed by atoms with Crippen molar-refractivity contribution in [1.29, 1.82) is 5.26 Å². The highest BCUT2D eigenvalue weighted by atomic mass is 79.9. The number of rotatable bonds is 3. The Balaban J connectivity index is 2.14. The summed E-state index contributed by atoms with van der Waals surface area (Å²) < 4.78 is 0.879. The summed E-state index contributed by atoms with van der Waals surface area (Å²) in [5.74, 6) is -0.106. The highest BCUT2D eigenvalue weighted by Crippen LogP contribution is 2.18. The topological polar surface area (TPSA) is 52.9 Å². The van der Waals surface area contributed by atoms with Crippen molar-refractivity contribution in [2.75, 3.05) is 0 Å². The zero-order valence-corrected chi connectivity index (χ0v) is 13.4. The van der Waals surface area contributed by atoms with Gasteiger partial charge in [-0.05, 0) is 49.2 Å². The first-order valence-corrected chi connectivity index (χ1v) is 7.37. The van der Waals surface area contributed by atoms with Gasteiger partial charge in [0.15, 0.2) is 0 Å². The molecule has 0 spiro atoms. The molecule has 106 valence electrons. The second-order valence-electron chi connectivity index (χ2n) is 4.89. The van der Waals surface area contributed by atoms with E-state index in [1.54, 1.807) is 12.1 Å². The molecule has 1 unspecified atom stereocenters. The summed E-state index contributed by atoms with van der Waals surface area (Å²) in [7, 11) is 0. The molecule has 2 aromatic rings. The first-order valence-electron chi connectivity index (χ1n) is 6.58. The first-order chi connectivity index (χ1) is 10.0. The molecule has 0 aliphatic rings. The molecule has 0 aromatic heterocycles. The lowest BCUT2D eigenvalue weighted by Gasteiger charge is -2.15. The van der Waals surface area contributed by atoms with Crippen LogP contribution >= 0.6 is 15.9 Å². The van der Waals surface area contributed by atoms with Crippen LogP contribution in [0.1, 0.15) is 40.0 Å². The van der Waals surface area contributed by atoms with Crippen molar-refractivity contribution in [3.05, 3.63) is 69.2 Å². The molecule has 0 radical (unpaired) electrons. The number of nitrogens with zero attached hydrogens (tertiary/aromatic N) is 1. The van der Waals surface area contributed by atoms with Crippen molar-refractivity contribution >= 4 is 21.8 Å². The van der Waals surface area contributed by atoms with Gasteiger partial charge in [-0.2, -0.15) is 5.26 Å². The van der Waals surface area contributed by atoms with Gasteiger partial charge in [0.2, 0.25) is 0 Å². The van der Waals surface area contributed by atoms with Crippen molar-refractivity contribution in [3.63, 3.8) is 0 Å². The lowest BCUT2D eigenvalue weighted by atomic mass is 10.0. The minimum Gasteiger partial charge on any atom is -0.346 e. The van der Waals surface area contributed by atoms with Gasteiger partial charge in [-0.25, -0.2) is 0 Å². The van der Waals surface area contributed by atoms with Crippen LogP contribution in [0.15, 0.2) is 46.9 Å². The van der Waals surface area contributed by atoms with Gasteiger partial charge in [-0.1, -0.05) is 34.1 Å². The van der Waals surface area contributed by atoms with Gasteiger partial charge in [-0.3, -0.25) is 4.79 Å². The summed E-state index contributed by atoms with van der Waals surface area (Å²) in [6.45, 7) is 3.83. The maximum absolute atomic E-state index is 12.3. The summed E-state index contributed by atoms with van der Waals surface area (Å²) >= 11 is 3.38. The van der Waals surface area contributed by atoms with Gasteiger partial charge in [0.05, 0.1) is 17.7 Å². The molecular weight excluding hydrogens is 328 g/mol. The van der Waals surface area contributed by atoms with Crippen LogP contribution < -0.4 is 5.32 Å². The fourth-order valence-electron chi connectivity index (χ4n) is 2.04. The predicted molar refractivity (Wildman–Crippen MR) is 85.9 cm³/mol. The average Bonchev–Trinajstić information content (AvgIpc) is 2.49. The third kappa shape index (κ3) is 3.71. The van der Waals surface area contributed by atoms with E-state index in [4.69, 9.17) is 5.26 Å². The maximum Gasteiger partial charge on any atom is 0.252 e. The van der Waals surface area contributed by atoms with Crippen LogP contribution in [0.2, 0.25) is 0 Å². The summed E-state index contributed by atoms with van der Waals surface area (Å²) in [6, 6.07) is 14.8. The molecule has 1 N–H and O–H groups in total. The minimum atomic E-state index is -0.122. The lowest BCUT2D eigenvalue weighted by Crippen LogP contribution is -2.27. The third-order valence-electron chi connectivity index (χ3n) is 3.33. The smallest absolute Gasteiger partial charge is 0.252 e. The van der Waals surface area contributed by atoms with Crippen LogP contribution in [0.4, 0.5) is 0 Å². The van der Waals surface area contributed by atoms with E-state index in [0.29, 0.717) is 11.1 Å². The molecule has 0 fully saturated rings. The molecule has 1 atom stereocenters. The number of carbonyl (C=O) groups is 1. The normalized spacial score (nSPS) is 11.5. The standard InChI is InChI=1S/C17H15BrN2O/c1-11-3-8-15(18)9-16(11)17(21)20-12(2)14-6-4-13(10-19)5-7-14/h3-9,12H,1-2H3,(H,20,21). The van der Waals surface area contributed by atoms with Crippen molar-refractivity contribution < 1.29 is 4.79 Å². The van der Waals surface area contributed by atoms with E-state index < -0.39 is 0 Å². The van der Waals surface area contributed by atoms with E-state index in [9.17, 15) is 4.79 Å². The lowest BCUT2D eigenvalue weighted by molar-refractivity contribution is 0.0939. The number of benzene rings is 2. The number of halogens is 1. The van der Waals surface area contributed by atoms with Crippen molar-refractivity contribution in [3.8, 4) is 6.07 Å². The van der Waals surface area contributed by atoms with E-state index in [0.717, 1.165) is 15.6 Å². The largest absolute Gasteiger partial charge is 0.346 e. The summed E-state index contributed by atoms with van der Waals surface area (Å²) in [6.07, 6.45) is 0. The van der Waals surface area contributed by atoms with Crippen molar-refractivity contribution in [2.45, 2.75) is 19.9 Å². The van der Waals surface area contributed by atoms with Gasteiger partial charge < -0.3 is 5.32 Å². The minimum absolute atomic E-state index is 0.106. The van der Waals surface area contributed by atoms with E-state index in [1.807, 2.05) is 44.2 Å². The van der Waals surface area contributed by atoms with Gasteiger partial charge in [0.1, 0.15) is 0 Å². The quantitative estimate of drug-likeness (QED) is 0.911. The fraction of sp³-hybridized carbons (Fsp3) is 0.176. The monoisotopic (exact) mass is 342 g/mol. The molecule has 0 bridgehead atoms. The molecular formula is C17H15BrN2O. The van der Waals surface area contributed by atoms with E-state index in [-0.39, 0.29) is 11.9 Å². The SMILES string of the molecule is Cc1ccc(Br)cc1C(=O)NC(C)c1ccc(C#N)cc1. The van der Waals surface area contributed by atoms with Crippen LogP contribution in [0.5, 0.6) is 0 Å². The maximum atomic E-state index is 12.3. The molecule has 2 rings (SSSR count). The fourth-order valence-corrected chi connectivity index (χ4v) is 2.40. The average molecular weight is 343 g/mol. The van der Waals surface area contributed by atoms with Crippen LogP contribution in [0.25, 0.3) is 0 Å². The summed E-state index contributed by atoms with van der Waals surface area (Å²) in [5, 5.41) is 11.8. The molecule has 0 saturated carbocycles. The molecule has 0 saturated heterocycles. The molecule has 4 heteroatoms. The van der Waals surface area contributed by atoms with Crippen LogP contribution in [0, 0.1) is 18.3 Å². The highest BCUT2D eigenvalue weighted by Gasteiger charge is 2.13. The van der Waals surface area contributed by atoms with E-state index in [2.05, 4.69) is 27.3 Å². The molecule has 2 aromatic carbocycles. The molecule has 0 aliphatic heterocycles. The van der Waals surface area contributed by atoms with E-state index in [1.165, 1.54) is 0 Å². The van der Waals surface area contributed by atoms with Gasteiger partial charge in [-0.15, -0.1) is 0 Å². The Morgan fingerprint density at radius 1 is 1.24 bits per heavy atom. The molecule has 21 heavy (non-hydrogen) atoms. The number of carbonyl (C=O) groups excluding carboxylic acids is 1. The number of amides is 1. The molecule has 1 amide bonds. The second kappa shape index (κ2) is 6.55. The zero-order valence-electron chi connectivity index (χ0n) is 11.9. The van der Waals surface area contributed by atoms with Crippen molar-refractivity contribution in [1.82, 2.24) is 5.32 Å². The molecule has 0 aliphatic carbocycles. The highest BCUT2D eigenvalue weighted by molar-refractivity contribution is 9.10. The Morgan fingerprint density at radius 3 is 2.52 bits per heavy atom. The van der Waals surface area contributed by atoms with Crippen LogP contribution in [0.3, 0.4) is 0 Å². The van der Waals surface area contributed by atoms with Crippen molar-refractivity contribution in [2.24, 2.45) is 0 Å². The van der Waals surface area contributed by atoms with Crippen LogP contribution in [-0.4, -0.2) is 5.91 Å². The van der Waals surface area contributed by atoms with E-state index >= 15 is 0 Å². The van der Waals surface area contributed by atoms with Gasteiger partial charge >= 0.3 is 0 Å². The Bertz CT molecular complexity index is 702. The van der Waals surface area contributed by atoms with Gasteiger partial charge in [0.25, 0.3) is 5.91 Å². The Hall–Kier alpha value is -2.12. The second-order valence-corrected chi connectivity index (χ2v) is 5.80. The number of hydrogen-bond donors (Lipinski definition) is 1. The first kappa shape index (κ1) is 15.3. The number of aryl methyl sites for hydroxylation is 1. The Morgan fingerprint density at radius 2 is 1.90 bits per heavy atom. The third-order valence-corrected chi connectivity index (χ3v) is 3.82. The number of hydrogen-bond acceptors (Lipinski definition) is 2. The number of nitriles is 1.